The molecular formula is C12H21N3O3. The van der Waals surface area contributed by atoms with Gasteiger partial charge >= 0.3 is 0 Å². The molecule has 1 saturated carbocycles. The Morgan fingerprint density at radius 1 is 1.67 bits per heavy atom. The van der Waals surface area contributed by atoms with Crippen LogP contribution in [0.4, 0.5) is 0 Å². The molecule has 0 radical (unpaired) electrons. The smallest absolute Gasteiger partial charge is 0.246 e. The van der Waals surface area contributed by atoms with Gasteiger partial charge in [0.1, 0.15) is 11.6 Å². The molecule has 1 heterocycles. The summed E-state index contributed by atoms with van der Waals surface area (Å²) in [4.78, 5) is 4.29. The van der Waals surface area contributed by atoms with Crippen LogP contribution >= 0.6 is 0 Å². The molecule has 1 aromatic rings. The molecule has 0 amide bonds. The number of ether oxygens (including phenoxy) is 1. The average molecular weight is 255 g/mol. The average Bonchev–Trinajstić information content (AvgIpc) is 2.87. The number of nitrogens with two attached hydrogens (primary N) is 1. The van der Waals surface area contributed by atoms with Gasteiger partial charge in [0.2, 0.25) is 11.7 Å². The number of aliphatic hydroxyl groups excluding tert-OH is 1. The molecule has 6 nitrogen and oxygen atoms in total. The van der Waals surface area contributed by atoms with Crippen molar-refractivity contribution in [3.05, 3.63) is 11.7 Å². The summed E-state index contributed by atoms with van der Waals surface area (Å²) in [5.74, 6) is 1.39. The quantitative estimate of drug-likeness (QED) is 0.837. The van der Waals surface area contributed by atoms with Gasteiger partial charge in [0.25, 0.3) is 0 Å². The van der Waals surface area contributed by atoms with E-state index in [4.69, 9.17) is 20.1 Å². The zero-order chi connectivity index (χ0) is 13.2. The molecule has 3 N–H and O–H groups in total. The van der Waals surface area contributed by atoms with Crippen LogP contribution in [0.15, 0.2) is 4.52 Å². The van der Waals surface area contributed by atoms with Gasteiger partial charge in [-0.05, 0) is 25.2 Å². The molecule has 1 aliphatic carbocycles. The van der Waals surface area contributed by atoms with Gasteiger partial charge in [0.15, 0.2) is 0 Å². The Labute approximate surface area is 107 Å². The van der Waals surface area contributed by atoms with E-state index in [1.165, 1.54) is 6.42 Å². The van der Waals surface area contributed by atoms with Gasteiger partial charge in [-0.15, -0.1) is 0 Å². The Hall–Kier alpha value is -0.980. The van der Waals surface area contributed by atoms with Crippen molar-refractivity contribution in [2.45, 2.75) is 44.2 Å². The molecule has 0 bridgehead atoms. The molecule has 0 spiro atoms. The minimum atomic E-state index is -0.624. The van der Waals surface area contributed by atoms with E-state index in [2.05, 4.69) is 17.1 Å². The molecule has 1 fully saturated rings. The summed E-state index contributed by atoms with van der Waals surface area (Å²) < 4.78 is 10.8. The SMILES string of the molecule is COC1(c2noc(C(N)CO)n2)CCCC(C)C1. The van der Waals surface area contributed by atoms with E-state index in [-0.39, 0.29) is 12.5 Å². The van der Waals surface area contributed by atoms with Crippen molar-refractivity contribution in [1.29, 1.82) is 0 Å². The van der Waals surface area contributed by atoms with Crippen LogP contribution in [0.1, 0.15) is 50.4 Å². The van der Waals surface area contributed by atoms with Crippen LogP contribution in [-0.2, 0) is 10.3 Å². The highest BCUT2D eigenvalue weighted by molar-refractivity contribution is 5.05. The Morgan fingerprint density at radius 3 is 3.06 bits per heavy atom. The highest BCUT2D eigenvalue weighted by Crippen LogP contribution is 2.41. The fourth-order valence-electron chi connectivity index (χ4n) is 2.63. The molecule has 18 heavy (non-hydrogen) atoms. The van der Waals surface area contributed by atoms with E-state index >= 15 is 0 Å². The molecule has 0 saturated heterocycles. The number of hydrogen-bond acceptors (Lipinski definition) is 6. The molecule has 1 aromatic heterocycles. The van der Waals surface area contributed by atoms with Crippen molar-refractivity contribution in [1.82, 2.24) is 10.1 Å². The lowest BCUT2D eigenvalue weighted by molar-refractivity contribution is -0.0658. The highest BCUT2D eigenvalue weighted by atomic mass is 16.5. The maximum atomic E-state index is 8.99. The third kappa shape index (κ3) is 2.41. The summed E-state index contributed by atoms with van der Waals surface area (Å²) in [7, 11) is 1.68. The largest absolute Gasteiger partial charge is 0.394 e. The predicted octanol–water partition coefficient (Wildman–Crippen LogP) is 1.11. The Balaban J connectivity index is 2.24. The monoisotopic (exact) mass is 255 g/mol. The Morgan fingerprint density at radius 2 is 2.44 bits per heavy atom. The number of aliphatic hydroxyl groups is 1. The second-order valence-electron chi connectivity index (χ2n) is 5.15. The third-order valence-corrected chi connectivity index (χ3v) is 3.71. The number of methoxy groups -OCH3 is 1. The minimum Gasteiger partial charge on any atom is -0.394 e. The van der Waals surface area contributed by atoms with E-state index in [0.717, 1.165) is 19.3 Å². The van der Waals surface area contributed by atoms with Crippen LogP contribution in [0.2, 0.25) is 0 Å². The molecule has 6 heteroatoms. The fraction of sp³-hybridized carbons (Fsp3) is 0.833. The van der Waals surface area contributed by atoms with Gasteiger partial charge < -0.3 is 20.1 Å². The van der Waals surface area contributed by atoms with Crippen molar-refractivity contribution in [2.75, 3.05) is 13.7 Å². The number of hydrogen-bond donors (Lipinski definition) is 2. The van der Waals surface area contributed by atoms with Gasteiger partial charge in [-0.2, -0.15) is 4.98 Å². The summed E-state index contributed by atoms with van der Waals surface area (Å²) >= 11 is 0. The molecule has 102 valence electrons. The summed E-state index contributed by atoms with van der Waals surface area (Å²) in [6, 6.07) is -0.624. The van der Waals surface area contributed by atoms with Crippen molar-refractivity contribution in [3.8, 4) is 0 Å². The fourth-order valence-corrected chi connectivity index (χ4v) is 2.63. The first-order chi connectivity index (χ1) is 8.61. The molecule has 3 unspecified atom stereocenters. The summed E-state index contributed by atoms with van der Waals surface area (Å²) in [5, 5.41) is 13.0. The molecular weight excluding hydrogens is 234 g/mol. The predicted molar refractivity (Wildman–Crippen MR) is 64.6 cm³/mol. The van der Waals surface area contributed by atoms with E-state index in [9.17, 15) is 0 Å². The Bertz CT molecular complexity index is 396. The lowest BCUT2D eigenvalue weighted by Gasteiger charge is -2.36. The van der Waals surface area contributed by atoms with Crippen LogP contribution in [0.5, 0.6) is 0 Å². The van der Waals surface area contributed by atoms with Gasteiger partial charge in [0.05, 0.1) is 6.61 Å². The van der Waals surface area contributed by atoms with E-state index in [1.807, 2.05) is 0 Å². The Kier molecular flexibility index (Phi) is 3.99. The third-order valence-electron chi connectivity index (χ3n) is 3.71. The lowest BCUT2D eigenvalue weighted by atomic mass is 9.78. The number of rotatable bonds is 4. The minimum absolute atomic E-state index is 0.210. The van der Waals surface area contributed by atoms with Crippen LogP contribution in [0, 0.1) is 5.92 Å². The first kappa shape index (κ1) is 13.5. The second kappa shape index (κ2) is 5.34. The van der Waals surface area contributed by atoms with Gasteiger partial charge in [-0.1, -0.05) is 18.5 Å². The zero-order valence-electron chi connectivity index (χ0n) is 10.9. The second-order valence-corrected chi connectivity index (χ2v) is 5.15. The van der Waals surface area contributed by atoms with E-state index in [1.54, 1.807) is 7.11 Å². The van der Waals surface area contributed by atoms with E-state index in [0.29, 0.717) is 11.7 Å². The molecule has 0 aromatic carbocycles. The van der Waals surface area contributed by atoms with Gasteiger partial charge in [-0.25, -0.2) is 0 Å². The van der Waals surface area contributed by atoms with E-state index < -0.39 is 11.6 Å². The van der Waals surface area contributed by atoms with Crippen molar-refractivity contribution in [3.63, 3.8) is 0 Å². The van der Waals surface area contributed by atoms with Crippen LogP contribution in [0.25, 0.3) is 0 Å². The number of nitrogens with zero attached hydrogens (tertiary/aromatic N) is 2. The van der Waals surface area contributed by atoms with Crippen LogP contribution < -0.4 is 5.73 Å². The standard InChI is InChI=1S/C12H21N3O3/c1-8-4-3-5-12(6-8,17-2)11-14-10(18-15-11)9(13)7-16/h8-9,16H,3-7,13H2,1-2H3. The van der Waals surface area contributed by atoms with Crippen LogP contribution in [0.3, 0.4) is 0 Å². The first-order valence-electron chi connectivity index (χ1n) is 6.37. The maximum Gasteiger partial charge on any atom is 0.246 e. The zero-order valence-corrected chi connectivity index (χ0v) is 10.9. The molecule has 1 aliphatic rings. The van der Waals surface area contributed by atoms with Gasteiger partial charge in [-0.3, -0.25) is 0 Å². The number of aromatic nitrogens is 2. The molecule has 3 atom stereocenters. The summed E-state index contributed by atoms with van der Waals surface area (Å²) in [6.45, 7) is 1.99. The van der Waals surface area contributed by atoms with Crippen molar-refractivity contribution in [2.24, 2.45) is 11.7 Å². The lowest BCUT2D eigenvalue weighted by Crippen LogP contribution is -2.35. The van der Waals surface area contributed by atoms with Crippen molar-refractivity contribution < 1.29 is 14.4 Å². The van der Waals surface area contributed by atoms with Gasteiger partial charge in [0, 0.05) is 7.11 Å². The van der Waals surface area contributed by atoms with Crippen molar-refractivity contribution >= 4 is 0 Å². The molecule has 2 rings (SSSR count). The molecule has 0 aliphatic heterocycles. The highest BCUT2D eigenvalue weighted by Gasteiger charge is 2.41. The van der Waals surface area contributed by atoms with Crippen LogP contribution in [-0.4, -0.2) is 29.0 Å². The summed E-state index contributed by atoms with van der Waals surface area (Å²) in [5.41, 5.74) is 5.20. The first-order valence-corrected chi connectivity index (χ1v) is 6.37. The summed E-state index contributed by atoms with van der Waals surface area (Å²) in [6.07, 6.45) is 4.06. The topological polar surface area (TPSA) is 94.4 Å². The maximum absolute atomic E-state index is 8.99. The normalized spacial score (nSPS) is 30.3.